The Labute approximate surface area is 215 Å². The Hall–Kier alpha value is -0.790. The van der Waals surface area contributed by atoms with Crippen LogP contribution in [0.25, 0.3) is 0 Å². The molecule has 0 aliphatic rings. The quantitative estimate of drug-likeness (QED) is 0.107. The van der Waals surface area contributed by atoms with Gasteiger partial charge in [0.1, 0.15) is 12.4 Å². The molecule has 0 aromatic carbocycles. The van der Waals surface area contributed by atoms with Crippen LogP contribution in [-0.4, -0.2) is 4.98 Å². The zero-order valence-corrected chi connectivity index (χ0v) is 24.0. The molecule has 0 amide bonds. The van der Waals surface area contributed by atoms with E-state index < -0.39 is 0 Å². The summed E-state index contributed by atoms with van der Waals surface area (Å²) in [6, 6.07) is 0.623. The minimum absolute atomic E-state index is 0.623. The average Bonchev–Trinajstić information content (AvgIpc) is 3.33. The molecular weight excluding hydrogens is 412 g/mol. The fourth-order valence-electron chi connectivity index (χ4n) is 5.54. The van der Waals surface area contributed by atoms with E-state index in [4.69, 9.17) is 0 Å². The fraction of sp³-hybridized carbons (Fsp3) is 0.906. The number of aromatic nitrogens is 2. The van der Waals surface area contributed by atoms with Crippen molar-refractivity contribution in [3.05, 3.63) is 18.2 Å². The van der Waals surface area contributed by atoms with Gasteiger partial charge in [-0.3, -0.25) is 0 Å². The first kappa shape index (κ1) is 31.2. The summed E-state index contributed by atoms with van der Waals surface area (Å²) in [4.78, 5) is 3.69. The highest BCUT2D eigenvalue weighted by molar-refractivity contribution is 4.90. The van der Waals surface area contributed by atoms with Gasteiger partial charge in [0.25, 0.3) is 5.82 Å². The Kier molecular flexibility index (Phi) is 20.8. The summed E-state index contributed by atoms with van der Waals surface area (Å²) >= 11 is 0. The molecule has 0 radical (unpaired) electrons. The molecule has 2 unspecified atom stereocenters. The Balaban J connectivity index is 2.43. The van der Waals surface area contributed by atoms with Gasteiger partial charge >= 0.3 is 0 Å². The molecule has 1 aromatic rings. The largest absolute Gasteiger partial charge is 0.257 e. The molecule has 200 valence electrons. The summed E-state index contributed by atoms with van der Waals surface area (Å²) < 4.78 is 2.60. The number of hydrogen-bond donors (Lipinski definition) is 1. The number of hydrogen-bond acceptors (Lipinski definition) is 0. The highest BCUT2D eigenvalue weighted by atomic mass is 15.1. The van der Waals surface area contributed by atoms with Crippen molar-refractivity contribution in [2.24, 2.45) is 0 Å². The van der Waals surface area contributed by atoms with Gasteiger partial charge in [0.2, 0.25) is 0 Å². The first-order valence-corrected chi connectivity index (χ1v) is 15.8. The lowest BCUT2D eigenvalue weighted by Crippen LogP contribution is -2.41. The molecule has 2 nitrogen and oxygen atoms in total. The third-order valence-corrected chi connectivity index (χ3v) is 7.89. The van der Waals surface area contributed by atoms with Crippen LogP contribution >= 0.6 is 0 Å². The lowest BCUT2D eigenvalue weighted by molar-refractivity contribution is -0.727. The highest BCUT2D eigenvalue weighted by Gasteiger charge is 2.25. The van der Waals surface area contributed by atoms with E-state index in [9.17, 15) is 0 Å². The van der Waals surface area contributed by atoms with Crippen LogP contribution in [0.3, 0.4) is 0 Å². The summed E-state index contributed by atoms with van der Waals surface area (Å²) in [6.45, 7) is 9.37. The Morgan fingerprint density at radius 2 is 0.941 bits per heavy atom. The van der Waals surface area contributed by atoms with Crippen molar-refractivity contribution in [1.29, 1.82) is 0 Å². The van der Waals surface area contributed by atoms with Gasteiger partial charge in [-0.1, -0.05) is 143 Å². The summed E-state index contributed by atoms with van der Waals surface area (Å²) in [5, 5.41) is 0. The molecule has 1 rings (SSSR count). The second kappa shape index (κ2) is 22.7. The molecule has 0 saturated carbocycles. The number of nitrogens with one attached hydrogen (secondary N) is 1. The molecule has 0 aliphatic heterocycles. The fourth-order valence-corrected chi connectivity index (χ4v) is 5.54. The van der Waals surface area contributed by atoms with E-state index in [0.29, 0.717) is 12.0 Å². The van der Waals surface area contributed by atoms with Gasteiger partial charge < -0.3 is 0 Å². The predicted octanol–water partition coefficient (Wildman–Crippen LogP) is 11.0. The van der Waals surface area contributed by atoms with Crippen molar-refractivity contribution >= 4 is 0 Å². The van der Waals surface area contributed by atoms with E-state index in [1.54, 1.807) is 0 Å². The number of aromatic amines is 1. The van der Waals surface area contributed by atoms with Crippen molar-refractivity contribution in [2.45, 2.75) is 187 Å². The Morgan fingerprint density at radius 1 is 0.559 bits per heavy atom. The molecule has 0 bridgehead atoms. The number of H-pyrrole nitrogens is 1. The molecular formula is C32H63N2+. The van der Waals surface area contributed by atoms with Gasteiger partial charge in [-0.15, -0.1) is 0 Å². The first-order chi connectivity index (χ1) is 16.7. The summed E-state index contributed by atoms with van der Waals surface area (Å²) in [5.74, 6) is 2.24. The van der Waals surface area contributed by atoms with Crippen LogP contribution in [0, 0.1) is 0 Å². The van der Waals surface area contributed by atoms with Crippen LogP contribution in [0.4, 0.5) is 0 Å². The maximum atomic E-state index is 3.69. The van der Waals surface area contributed by atoms with Crippen LogP contribution in [-0.2, 0) is 0 Å². The van der Waals surface area contributed by atoms with Crippen LogP contribution < -0.4 is 4.57 Å². The van der Waals surface area contributed by atoms with E-state index >= 15 is 0 Å². The Morgan fingerprint density at radius 3 is 1.41 bits per heavy atom. The molecule has 1 N–H and O–H groups in total. The second-order valence-corrected chi connectivity index (χ2v) is 11.2. The van der Waals surface area contributed by atoms with Crippen LogP contribution in [0.2, 0.25) is 0 Å². The third kappa shape index (κ3) is 15.3. The molecule has 0 spiro atoms. The third-order valence-electron chi connectivity index (χ3n) is 7.89. The summed E-state index contributed by atoms with van der Waals surface area (Å²) in [5.41, 5.74) is 0. The van der Waals surface area contributed by atoms with Crippen LogP contribution in [0.15, 0.2) is 12.4 Å². The molecule has 2 atom stereocenters. The lowest BCUT2D eigenvalue weighted by Gasteiger charge is -2.17. The van der Waals surface area contributed by atoms with E-state index in [2.05, 4.69) is 49.6 Å². The van der Waals surface area contributed by atoms with E-state index in [1.807, 2.05) is 0 Å². The van der Waals surface area contributed by atoms with Gasteiger partial charge in [0, 0.05) is 0 Å². The predicted molar refractivity (Wildman–Crippen MR) is 152 cm³/mol. The standard InChI is InChI=1S/C32H62N2/c1-5-8-11-14-15-16-17-18-19-21-24-27-31(26-23-20-12-9-6-2)32-33-28-29-34(32)30(4)25-22-13-10-7-3/h28-31H,5-27H2,1-4H3/p+1. The van der Waals surface area contributed by atoms with Gasteiger partial charge in [0.05, 0.1) is 12.0 Å². The molecule has 1 aromatic heterocycles. The monoisotopic (exact) mass is 475 g/mol. The van der Waals surface area contributed by atoms with Gasteiger partial charge in [0.15, 0.2) is 0 Å². The highest BCUT2D eigenvalue weighted by Crippen LogP contribution is 2.27. The minimum atomic E-state index is 0.623. The number of unbranched alkanes of at least 4 members (excludes halogenated alkanes) is 17. The van der Waals surface area contributed by atoms with Crippen molar-refractivity contribution in [1.82, 2.24) is 4.98 Å². The summed E-state index contributed by atoms with van der Waals surface area (Å²) in [7, 11) is 0. The van der Waals surface area contributed by atoms with Crippen LogP contribution in [0.1, 0.15) is 193 Å². The summed E-state index contributed by atoms with van der Waals surface area (Å²) in [6.07, 6.45) is 36.8. The minimum Gasteiger partial charge on any atom is -0.247 e. The SMILES string of the molecule is CCCCCCCCCCCCCC(CCCCCCC)c1[nH]cc[n+]1C(C)CCCCCC. The molecule has 34 heavy (non-hydrogen) atoms. The van der Waals surface area contributed by atoms with Crippen molar-refractivity contribution in [2.75, 3.05) is 0 Å². The average molecular weight is 476 g/mol. The van der Waals surface area contributed by atoms with E-state index in [0.717, 1.165) is 0 Å². The zero-order chi connectivity index (χ0) is 24.7. The van der Waals surface area contributed by atoms with Crippen molar-refractivity contribution in [3.8, 4) is 0 Å². The smallest absolute Gasteiger partial charge is 0.247 e. The van der Waals surface area contributed by atoms with Gasteiger partial charge in [-0.05, 0) is 32.6 Å². The normalized spacial score (nSPS) is 13.4. The zero-order valence-electron chi connectivity index (χ0n) is 24.0. The topological polar surface area (TPSA) is 19.7 Å². The molecule has 0 aliphatic carbocycles. The molecule has 0 saturated heterocycles. The molecule has 0 fully saturated rings. The second-order valence-electron chi connectivity index (χ2n) is 11.2. The van der Waals surface area contributed by atoms with Crippen molar-refractivity contribution < 1.29 is 4.57 Å². The number of rotatable bonds is 25. The lowest BCUT2D eigenvalue weighted by atomic mass is 9.93. The maximum Gasteiger partial charge on any atom is 0.257 e. The Bertz CT molecular complexity index is 535. The first-order valence-electron chi connectivity index (χ1n) is 15.8. The maximum absolute atomic E-state index is 3.69. The molecule has 2 heteroatoms. The number of nitrogens with zero attached hydrogens (tertiary/aromatic N) is 1. The van der Waals surface area contributed by atoms with E-state index in [1.165, 1.54) is 154 Å². The van der Waals surface area contributed by atoms with E-state index in [-0.39, 0.29) is 0 Å². The molecule has 1 heterocycles. The number of imidazole rings is 1. The van der Waals surface area contributed by atoms with Crippen LogP contribution in [0.5, 0.6) is 0 Å². The van der Waals surface area contributed by atoms with Crippen molar-refractivity contribution in [3.63, 3.8) is 0 Å². The van der Waals surface area contributed by atoms with Gasteiger partial charge in [-0.2, -0.15) is 0 Å². The van der Waals surface area contributed by atoms with Gasteiger partial charge in [-0.25, -0.2) is 9.55 Å².